The van der Waals surface area contributed by atoms with E-state index in [-0.39, 0.29) is 50.7 Å². The van der Waals surface area contributed by atoms with E-state index in [4.69, 9.17) is 22.9 Å². The number of primary amides is 1. The summed E-state index contributed by atoms with van der Waals surface area (Å²) in [6.07, 6.45) is -1.73. The maximum atomic E-state index is 13.6. The van der Waals surface area contributed by atoms with E-state index in [1.807, 2.05) is 0 Å². The molecule has 1 rings (SSSR count). The second-order valence-corrected chi connectivity index (χ2v) is 14.2. The van der Waals surface area contributed by atoms with E-state index in [1.165, 1.54) is 13.8 Å². The molecule has 306 valence electrons. The molecule has 15 N–H and O–H groups in total. The third-order valence-corrected chi connectivity index (χ3v) is 8.52. The minimum absolute atomic E-state index is 0.0925. The van der Waals surface area contributed by atoms with Crippen LogP contribution in [0.2, 0.25) is 0 Å². The van der Waals surface area contributed by atoms with Crippen molar-refractivity contribution in [2.24, 2.45) is 39.8 Å². The van der Waals surface area contributed by atoms with Crippen LogP contribution in [0.25, 0.3) is 0 Å². The lowest BCUT2D eigenvalue weighted by atomic mass is 10.00. The predicted molar refractivity (Wildman–Crippen MR) is 195 cm³/mol. The molecule has 0 radical (unpaired) electrons. The molecule has 0 aliphatic carbocycles. The van der Waals surface area contributed by atoms with E-state index < -0.39 is 108 Å². The fourth-order valence-corrected chi connectivity index (χ4v) is 5.61. The van der Waals surface area contributed by atoms with Gasteiger partial charge < -0.3 is 64.6 Å². The monoisotopic (exact) mass is 769 g/mol. The summed E-state index contributed by atoms with van der Waals surface area (Å²) in [5.74, 6) is -7.38. The summed E-state index contributed by atoms with van der Waals surface area (Å²) in [7, 11) is 0. The molecule has 0 saturated carbocycles. The minimum Gasteiger partial charge on any atom is -0.481 e. The van der Waals surface area contributed by atoms with Crippen molar-refractivity contribution in [1.29, 1.82) is 0 Å². The van der Waals surface area contributed by atoms with Crippen LogP contribution in [0.15, 0.2) is 4.99 Å². The second kappa shape index (κ2) is 22.2. The highest BCUT2D eigenvalue weighted by atomic mass is 16.4. The molecule has 0 aromatic carbocycles. The molecule has 54 heavy (non-hydrogen) atoms. The summed E-state index contributed by atoms with van der Waals surface area (Å²) in [5, 5.41) is 32.6. The quantitative estimate of drug-likeness (QED) is 0.0267. The molecule has 8 unspecified atom stereocenters. The number of aliphatic hydroxyl groups excluding tert-OH is 1. The van der Waals surface area contributed by atoms with E-state index in [0.717, 1.165) is 4.90 Å². The average Bonchev–Trinajstić information content (AvgIpc) is 3.40. The highest BCUT2D eigenvalue weighted by Gasteiger charge is 2.42. The number of nitrogens with two attached hydrogens (primary N) is 4. The fourth-order valence-electron chi connectivity index (χ4n) is 5.61. The lowest BCUT2D eigenvalue weighted by Crippen LogP contribution is -2.61. The molecule has 0 aromatic heterocycles. The molecular formula is C33H59N11O10. The number of nitrogens with zero attached hydrogens (tertiary/aromatic N) is 2. The van der Waals surface area contributed by atoms with Crippen LogP contribution in [-0.2, 0) is 38.4 Å². The van der Waals surface area contributed by atoms with Gasteiger partial charge in [-0.05, 0) is 51.4 Å². The van der Waals surface area contributed by atoms with Crippen LogP contribution in [0, 0.1) is 11.8 Å². The molecule has 1 heterocycles. The van der Waals surface area contributed by atoms with Gasteiger partial charge in [-0.2, -0.15) is 0 Å². The Hall–Kier alpha value is -5.05. The van der Waals surface area contributed by atoms with E-state index in [0.29, 0.717) is 6.42 Å². The van der Waals surface area contributed by atoms with Crippen molar-refractivity contribution in [3.05, 3.63) is 0 Å². The van der Waals surface area contributed by atoms with E-state index >= 15 is 0 Å². The Morgan fingerprint density at radius 3 is 1.94 bits per heavy atom. The van der Waals surface area contributed by atoms with Gasteiger partial charge >= 0.3 is 5.97 Å². The lowest BCUT2D eigenvalue weighted by molar-refractivity contribution is -0.143. The number of likely N-dealkylation sites (tertiary alicyclic amines) is 1. The summed E-state index contributed by atoms with van der Waals surface area (Å²) >= 11 is 0. The van der Waals surface area contributed by atoms with Crippen LogP contribution in [0.3, 0.4) is 0 Å². The Balaban J connectivity index is 3.13. The van der Waals surface area contributed by atoms with Gasteiger partial charge in [0.25, 0.3) is 0 Å². The first kappa shape index (κ1) is 47.0. The van der Waals surface area contributed by atoms with Crippen LogP contribution < -0.4 is 49.5 Å². The third kappa shape index (κ3) is 15.9. The number of carboxylic acids is 1. The predicted octanol–water partition coefficient (Wildman–Crippen LogP) is -4.15. The van der Waals surface area contributed by atoms with Crippen LogP contribution >= 0.6 is 0 Å². The summed E-state index contributed by atoms with van der Waals surface area (Å²) in [4.78, 5) is 107. The van der Waals surface area contributed by atoms with Gasteiger partial charge in [-0.1, -0.05) is 27.7 Å². The number of carboxylic acid groups (broad SMARTS) is 1. The number of guanidine groups is 1. The van der Waals surface area contributed by atoms with Crippen molar-refractivity contribution < 1.29 is 48.6 Å². The molecule has 0 aromatic rings. The standard InChI is InChI=1S/C33H59N11O10/c1-15(2)12-22(30(52)39-17(5)27(35)49)42-29(51)21(9-10-24(47)48)41-31(53)25(16(3)4)43-32(54)26(18(6)45)44-14-19(13-23(44)46)40-28(50)20(34)8-7-11-38-33(36)37/h15-22,25-26,45H,7-14,34H2,1-6H3,(H2,35,49)(H,39,52)(H,40,50)(H,41,53)(H,42,51)(H,43,54)(H,47,48)(H4,36,37,38). The number of hydrogen-bond acceptors (Lipinski definition) is 11. The number of amides is 7. The molecule has 0 spiro atoms. The molecule has 1 fully saturated rings. The third-order valence-electron chi connectivity index (χ3n) is 8.52. The Bertz CT molecular complexity index is 1390. The molecule has 8 atom stereocenters. The minimum atomic E-state index is -1.48. The fraction of sp³-hybridized carbons (Fsp3) is 0.727. The number of aliphatic imine (C=N–C) groups is 1. The largest absolute Gasteiger partial charge is 0.481 e. The summed E-state index contributed by atoms with van der Waals surface area (Å²) < 4.78 is 0. The van der Waals surface area contributed by atoms with Gasteiger partial charge in [0.2, 0.25) is 41.4 Å². The zero-order valence-electron chi connectivity index (χ0n) is 31.8. The smallest absolute Gasteiger partial charge is 0.303 e. The van der Waals surface area contributed by atoms with Crippen molar-refractivity contribution >= 4 is 53.3 Å². The van der Waals surface area contributed by atoms with Crippen LogP contribution in [0.4, 0.5) is 0 Å². The second-order valence-electron chi connectivity index (χ2n) is 14.2. The van der Waals surface area contributed by atoms with Crippen LogP contribution in [0.1, 0.15) is 80.1 Å². The number of rotatable bonds is 23. The van der Waals surface area contributed by atoms with Gasteiger partial charge in [0, 0.05) is 25.9 Å². The number of hydrogen-bond donors (Lipinski definition) is 11. The maximum Gasteiger partial charge on any atom is 0.303 e. The van der Waals surface area contributed by atoms with E-state index in [9.17, 15) is 48.6 Å². The number of aliphatic hydroxyl groups is 1. The van der Waals surface area contributed by atoms with Crippen molar-refractivity contribution in [2.75, 3.05) is 13.1 Å². The van der Waals surface area contributed by atoms with E-state index in [2.05, 4.69) is 31.6 Å². The van der Waals surface area contributed by atoms with Crippen molar-refractivity contribution in [1.82, 2.24) is 31.5 Å². The molecule has 0 bridgehead atoms. The highest BCUT2D eigenvalue weighted by molar-refractivity contribution is 5.97. The van der Waals surface area contributed by atoms with Gasteiger partial charge in [-0.25, -0.2) is 0 Å². The van der Waals surface area contributed by atoms with Crippen LogP contribution in [0.5, 0.6) is 0 Å². The molecule has 1 aliphatic rings. The van der Waals surface area contributed by atoms with Gasteiger partial charge in [0.05, 0.1) is 18.2 Å². The van der Waals surface area contributed by atoms with E-state index in [1.54, 1.807) is 27.7 Å². The molecule has 7 amide bonds. The summed E-state index contributed by atoms with van der Waals surface area (Å²) in [6.45, 7) is 9.51. The van der Waals surface area contributed by atoms with Gasteiger partial charge in [0.1, 0.15) is 30.2 Å². The first-order valence-electron chi connectivity index (χ1n) is 17.9. The van der Waals surface area contributed by atoms with Gasteiger partial charge in [-0.15, -0.1) is 0 Å². The number of carbonyl (C=O) groups excluding carboxylic acids is 7. The molecular weight excluding hydrogens is 710 g/mol. The molecule has 21 nitrogen and oxygen atoms in total. The zero-order valence-corrected chi connectivity index (χ0v) is 31.8. The lowest BCUT2D eigenvalue weighted by Gasteiger charge is -2.32. The average molecular weight is 770 g/mol. The molecule has 1 saturated heterocycles. The van der Waals surface area contributed by atoms with Crippen molar-refractivity contribution in [2.45, 2.75) is 128 Å². The number of carbonyl (C=O) groups is 8. The van der Waals surface area contributed by atoms with Crippen molar-refractivity contribution in [3.63, 3.8) is 0 Å². The maximum absolute atomic E-state index is 13.6. The topological polar surface area (TPSA) is 357 Å². The Labute approximate surface area is 314 Å². The Kier molecular flexibility index (Phi) is 19.3. The number of aliphatic carboxylic acids is 1. The first-order chi connectivity index (χ1) is 25.0. The number of nitrogens with one attached hydrogen (secondary N) is 5. The van der Waals surface area contributed by atoms with Gasteiger partial charge in [-0.3, -0.25) is 43.3 Å². The zero-order chi connectivity index (χ0) is 41.4. The van der Waals surface area contributed by atoms with Crippen molar-refractivity contribution in [3.8, 4) is 0 Å². The molecule has 1 aliphatic heterocycles. The molecule has 21 heteroatoms. The summed E-state index contributed by atoms with van der Waals surface area (Å²) in [5.41, 5.74) is 21.8. The SMILES string of the molecule is CC(C)CC(NC(=O)C(CCC(=O)O)NC(=O)C(NC(=O)C(C(C)O)N1CC(NC(=O)C(N)CCCN=C(N)N)CC1=O)C(C)C)C(=O)NC(C)C(N)=O. The Morgan fingerprint density at radius 1 is 0.833 bits per heavy atom. The first-order valence-corrected chi connectivity index (χ1v) is 17.9. The Morgan fingerprint density at radius 2 is 1.43 bits per heavy atom. The normalized spacial score (nSPS) is 18.0. The summed E-state index contributed by atoms with van der Waals surface area (Å²) in [6, 6.07) is -8.17. The van der Waals surface area contributed by atoms with Gasteiger partial charge in [0.15, 0.2) is 5.96 Å². The van der Waals surface area contributed by atoms with Crippen LogP contribution in [-0.4, -0.2) is 130 Å². The highest BCUT2D eigenvalue weighted by Crippen LogP contribution is 2.19.